The van der Waals surface area contributed by atoms with Crippen molar-refractivity contribution < 1.29 is 96.8 Å². The molecule has 0 heterocycles. The van der Waals surface area contributed by atoms with Crippen molar-refractivity contribution in [2.24, 2.45) is 0 Å². The predicted octanol–water partition coefficient (Wildman–Crippen LogP) is 6.10. The quantitative estimate of drug-likeness (QED) is 0.146. The van der Waals surface area contributed by atoms with Crippen LogP contribution in [0.4, 0.5) is 0 Å². The molecule has 25 heavy (non-hydrogen) atoms. The number of hydrogen-bond acceptors (Lipinski definition) is 1. The van der Waals surface area contributed by atoms with Gasteiger partial charge >= 0.3 is 5.97 Å². The molecule has 2 nitrogen and oxygen atoms in total. The minimum absolute atomic E-state index is 0. The van der Waals surface area contributed by atoms with Crippen molar-refractivity contribution in [1.82, 2.24) is 0 Å². The third-order valence-corrected chi connectivity index (χ3v) is 3.65. The van der Waals surface area contributed by atoms with E-state index in [-0.39, 0.29) is 86.9 Å². The Hall–Kier alpha value is 1.87. The fourth-order valence-corrected chi connectivity index (χ4v) is 2.35. The molecule has 0 aliphatic heterocycles. The molecule has 0 atom stereocenters. The molecule has 0 rings (SSSR count). The van der Waals surface area contributed by atoms with Gasteiger partial charge in [0.25, 0.3) is 0 Å². The van der Waals surface area contributed by atoms with Crippen LogP contribution >= 0.6 is 0 Å². The number of rotatable bonds is 15. The summed E-state index contributed by atoms with van der Waals surface area (Å²) in [5, 5.41) is 8.51. The Morgan fingerprint density at radius 2 is 1.16 bits per heavy atom. The molecule has 0 spiro atoms. The maximum absolute atomic E-state index is 10.3. The largest absolute Gasteiger partial charge is 0.481 e. The zero-order valence-corrected chi connectivity index (χ0v) is 22.8. The van der Waals surface area contributed by atoms with Crippen LogP contribution in [0.2, 0.25) is 0 Å². The van der Waals surface area contributed by atoms with Gasteiger partial charge in [0.2, 0.25) is 0 Å². The van der Waals surface area contributed by atoms with E-state index in [2.05, 4.69) is 19.1 Å². The summed E-state index contributed by atoms with van der Waals surface area (Å²) < 4.78 is 0. The van der Waals surface area contributed by atoms with E-state index in [0.29, 0.717) is 6.42 Å². The van der Waals surface area contributed by atoms with Gasteiger partial charge < -0.3 is 5.11 Å². The van der Waals surface area contributed by atoms with Crippen molar-refractivity contribution >= 4 is 5.97 Å². The fraction of sp³-hybridized carbons (Fsp3) is 0.833. The number of hydrogen-bond donors (Lipinski definition) is 1. The Bertz CT molecular complexity index is 263. The van der Waals surface area contributed by atoms with Crippen LogP contribution in [0.25, 0.3) is 0 Å². The second kappa shape index (κ2) is 36.7. The van der Waals surface area contributed by atoms with Crippen molar-refractivity contribution in [3.8, 4) is 0 Å². The van der Waals surface area contributed by atoms with E-state index in [1.54, 1.807) is 0 Å². The second-order valence-electron chi connectivity index (χ2n) is 5.73. The first-order chi connectivity index (χ1) is 9.77. The molecule has 0 aliphatic carbocycles. The molecule has 154 valence electrons. The maximum atomic E-state index is 10.3. The van der Waals surface area contributed by atoms with E-state index in [9.17, 15) is 4.79 Å². The van der Waals surface area contributed by atoms with E-state index in [1.165, 1.54) is 70.6 Å². The van der Waals surface area contributed by atoms with Gasteiger partial charge in [-0.1, -0.05) is 70.4 Å². The van der Waals surface area contributed by atoms with Crippen LogP contribution in [0, 0.1) is 0 Å². The van der Waals surface area contributed by atoms with Crippen LogP contribution in [-0.2, 0) is 91.7 Å². The first-order valence-corrected chi connectivity index (χ1v) is 8.64. The molecule has 0 unspecified atom stereocenters. The Balaban J connectivity index is -0.000000180. The van der Waals surface area contributed by atoms with Crippen LogP contribution in [-0.4, -0.2) is 11.1 Å². The third kappa shape index (κ3) is 41.4. The molecule has 0 aromatic rings. The first kappa shape index (κ1) is 41.3. The van der Waals surface area contributed by atoms with Crippen LogP contribution in [0.15, 0.2) is 12.2 Å². The number of allylic oxidation sites excluding steroid dienone is 2. The van der Waals surface area contributed by atoms with E-state index < -0.39 is 5.97 Å². The maximum Gasteiger partial charge on any atom is 0.303 e. The minimum atomic E-state index is -0.664. The summed E-state index contributed by atoms with van der Waals surface area (Å²) in [5.41, 5.74) is 0. The number of carboxylic acid groups (broad SMARTS) is 1. The molecule has 2 radical (unpaired) electrons. The van der Waals surface area contributed by atoms with E-state index in [1.807, 2.05) is 0 Å². The van der Waals surface area contributed by atoms with Gasteiger partial charge in [-0.15, -0.1) is 0 Å². The number of aliphatic carboxylic acids is 1. The van der Waals surface area contributed by atoms with Crippen molar-refractivity contribution in [2.45, 2.75) is 96.8 Å². The van der Waals surface area contributed by atoms with Gasteiger partial charge in [0, 0.05) is 93.3 Å². The number of unbranched alkanes of at least 4 members (excludes halogenated alkanes) is 11. The van der Waals surface area contributed by atoms with Crippen molar-refractivity contribution in [2.75, 3.05) is 0 Å². The SMILES string of the molecule is CCCCCCCC/C=C\CCCCCCCC(=O)O.[Co].[Fe].[Mn].[Ni].[Zn]. The molecule has 0 saturated heterocycles. The van der Waals surface area contributed by atoms with Crippen molar-refractivity contribution in [3.63, 3.8) is 0 Å². The number of carbonyl (C=O) groups is 1. The molecular formula is C18H34CoFeMnNiO2Zn. The van der Waals surface area contributed by atoms with Crippen LogP contribution in [0.3, 0.4) is 0 Å². The van der Waals surface area contributed by atoms with Gasteiger partial charge in [0.15, 0.2) is 0 Å². The molecule has 0 saturated carbocycles. The molecular weight excluding hydrogens is 542 g/mol. The standard InChI is InChI=1S/C18H34O2.Co.Fe.Mn.Ni.Zn/c1-2-3-4-5-6-7-8-9-10-11-12-13-14-15-16-17-18(19)20;;;;;/h9-10H,2-8,11-17H2,1H3,(H,19,20);;;;;/b10-9-;;;;;. The van der Waals surface area contributed by atoms with Gasteiger partial charge in [0.05, 0.1) is 0 Å². The first-order valence-electron chi connectivity index (χ1n) is 8.64. The molecule has 7 heteroatoms. The van der Waals surface area contributed by atoms with Gasteiger partial charge in [0.1, 0.15) is 0 Å². The van der Waals surface area contributed by atoms with Gasteiger partial charge in [-0.25, -0.2) is 0 Å². The fourth-order valence-electron chi connectivity index (χ4n) is 2.35. The summed E-state index contributed by atoms with van der Waals surface area (Å²) in [6.07, 6.45) is 21.2. The summed E-state index contributed by atoms with van der Waals surface area (Å²) >= 11 is 0. The van der Waals surface area contributed by atoms with Crippen molar-refractivity contribution in [3.05, 3.63) is 12.2 Å². The number of carboxylic acids is 1. The predicted molar refractivity (Wildman–Crippen MR) is 87.1 cm³/mol. The summed E-state index contributed by atoms with van der Waals surface area (Å²) in [5.74, 6) is -0.664. The zero-order valence-electron chi connectivity index (χ0n) is 15.5. The molecule has 0 fully saturated rings. The topological polar surface area (TPSA) is 37.3 Å². The Kier molecular flexibility index (Phi) is 60.7. The Morgan fingerprint density at radius 3 is 1.56 bits per heavy atom. The van der Waals surface area contributed by atoms with Crippen LogP contribution in [0.1, 0.15) is 96.8 Å². The molecule has 0 bridgehead atoms. The summed E-state index contributed by atoms with van der Waals surface area (Å²) in [4.78, 5) is 10.3. The normalized spacial score (nSPS) is 9.00. The monoisotopic (exact) mass is 574 g/mol. The van der Waals surface area contributed by atoms with Gasteiger partial charge in [-0.2, -0.15) is 0 Å². The molecule has 0 aromatic heterocycles. The zero-order chi connectivity index (χ0) is 14.9. The van der Waals surface area contributed by atoms with Crippen LogP contribution < -0.4 is 0 Å². The molecule has 0 aliphatic rings. The average molecular weight is 576 g/mol. The second-order valence-corrected chi connectivity index (χ2v) is 5.73. The molecule has 1 N–H and O–H groups in total. The molecule has 0 amide bonds. The Labute approximate surface area is 210 Å². The van der Waals surface area contributed by atoms with E-state index in [4.69, 9.17) is 5.11 Å². The van der Waals surface area contributed by atoms with Crippen molar-refractivity contribution in [1.29, 1.82) is 0 Å². The van der Waals surface area contributed by atoms with Crippen LogP contribution in [0.5, 0.6) is 0 Å². The minimum Gasteiger partial charge on any atom is -0.481 e. The summed E-state index contributed by atoms with van der Waals surface area (Å²) in [6, 6.07) is 0. The third-order valence-electron chi connectivity index (χ3n) is 3.65. The smallest absolute Gasteiger partial charge is 0.303 e. The average Bonchev–Trinajstić information content (AvgIpc) is 2.43. The van der Waals surface area contributed by atoms with Gasteiger partial charge in [-0.3, -0.25) is 4.79 Å². The summed E-state index contributed by atoms with van der Waals surface area (Å²) in [6.45, 7) is 2.26. The molecule has 0 aromatic carbocycles. The van der Waals surface area contributed by atoms with E-state index >= 15 is 0 Å². The summed E-state index contributed by atoms with van der Waals surface area (Å²) in [7, 11) is 0. The Morgan fingerprint density at radius 1 is 0.800 bits per heavy atom. The van der Waals surface area contributed by atoms with E-state index in [0.717, 1.165) is 12.8 Å². The van der Waals surface area contributed by atoms with Gasteiger partial charge in [-0.05, 0) is 32.1 Å².